The Morgan fingerprint density at radius 3 is 2.76 bits per heavy atom. The maximum Gasteiger partial charge on any atom is 0.416 e. The summed E-state index contributed by atoms with van der Waals surface area (Å²) in [5, 5.41) is 2.66. The van der Waals surface area contributed by atoms with Gasteiger partial charge in [-0.1, -0.05) is 0 Å². The Hall–Kier alpha value is -1.76. The fourth-order valence-electron chi connectivity index (χ4n) is 2.47. The first-order valence-corrected chi connectivity index (χ1v) is 6.74. The zero-order valence-corrected chi connectivity index (χ0v) is 11.7. The van der Waals surface area contributed by atoms with E-state index in [0.717, 1.165) is 37.6 Å². The number of nitrogens with zero attached hydrogens (tertiary/aromatic N) is 1. The van der Waals surface area contributed by atoms with E-state index in [9.17, 15) is 18.0 Å². The maximum absolute atomic E-state index is 12.7. The number of nitrogen functional groups attached to an aromatic ring is 1. The van der Waals surface area contributed by atoms with Gasteiger partial charge in [0.25, 0.3) is 5.91 Å². The summed E-state index contributed by atoms with van der Waals surface area (Å²) >= 11 is 0. The van der Waals surface area contributed by atoms with Crippen LogP contribution < -0.4 is 11.1 Å². The molecule has 21 heavy (non-hydrogen) atoms. The molecular weight excluding hydrogens is 283 g/mol. The Balaban J connectivity index is 2.08. The van der Waals surface area contributed by atoms with Crippen molar-refractivity contribution in [3.63, 3.8) is 0 Å². The third-order valence-corrected chi connectivity index (χ3v) is 3.80. The third-order valence-electron chi connectivity index (χ3n) is 3.80. The highest BCUT2D eigenvalue weighted by atomic mass is 19.4. The maximum atomic E-state index is 12.7. The van der Waals surface area contributed by atoms with Crippen LogP contribution >= 0.6 is 0 Å². The highest BCUT2D eigenvalue weighted by Gasteiger charge is 2.31. The monoisotopic (exact) mass is 301 g/mol. The first-order valence-electron chi connectivity index (χ1n) is 6.74. The molecule has 1 atom stereocenters. The molecule has 0 bridgehead atoms. The van der Waals surface area contributed by atoms with Crippen LogP contribution in [0.5, 0.6) is 0 Å². The Labute approximate surface area is 121 Å². The van der Waals surface area contributed by atoms with Crippen molar-refractivity contribution in [3.05, 3.63) is 29.3 Å². The molecule has 0 radical (unpaired) electrons. The van der Waals surface area contributed by atoms with Crippen LogP contribution in [-0.2, 0) is 6.18 Å². The number of halogens is 3. The van der Waals surface area contributed by atoms with Crippen LogP contribution in [0.1, 0.15) is 28.8 Å². The van der Waals surface area contributed by atoms with E-state index >= 15 is 0 Å². The Morgan fingerprint density at radius 1 is 1.48 bits per heavy atom. The standard InChI is InChI=1S/C14H18F3N3O/c1-20-6-2-3-10(20)8-19-13(21)11-7-9(14(15,16)17)4-5-12(11)18/h4-5,7,10H,2-3,6,8,18H2,1H3,(H,19,21). The van der Waals surface area contributed by atoms with E-state index in [-0.39, 0.29) is 17.3 Å². The lowest BCUT2D eigenvalue weighted by Gasteiger charge is -2.20. The second-order valence-corrected chi connectivity index (χ2v) is 5.29. The number of amides is 1. The molecule has 2 rings (SSSR count). The normalized spacial score (nSPS) is 19.7. The highest BCUT2D eigenvalue weighted by molar-refractivity contribution is 5.99. The molecule has 0 spiro atoms. The summed E-state index contributed by atoms with van der Waals surface area (Å²) in [7, 11) is 1.96. The Bertz CT molecular complexity index is 531. The first-order chi connectivity index (χ1) is 9.79. The molecule has 1 unspecified atom stereocenters. The summed E-state index contributed by atoms with van der Waals surface area (Å²) < 4.78 is 38.0. The number of hydrogen-bond acceptors (Lipinski definition) is 3. The number of nitrogens with one attached hydrogen (secondary N) is 1. The topological polar surface area (TPSA) is 58.4 Å². The van der Waals surface area contributed by atoms with Crippen LogP contribution in [0, 0.1) is 0 Å². The number of carbonyl (C=O) groups is 1. The van der Waals surface area contributed by atoms with Crippen molar-refractivity contribution in [3.8, 4) is 0 Å². The molecule has 0 saturated carbocycles. The van der Waals surface area contributed by atoms with Gasteiger partial charge in [0, 0.05) is 18.3 Å². The van der Waals surface area contributed by atoms with Gasteiger partial charge in [-0.05, 0) is 44.6 Å². The minimum absolute atomic E-state index is 0.0419. The van der Waals surface area contributed by atoms with Crippen LogP contribution in [0.3, 0.4) is 0 Å². The van der Waals surface area contributed by atoms with Gasteiger partial charge in [-0.15, -0.1) is 0 Å². The lowest BCUT2D eigenvalue weighted by molar-refractivity contribution is -0.137. The fourth-order valence-corrected chi connectivity index (χ4v) is 2.47. The molecule has 4 nitrogen and oxygen atoms in total. The molecule has 7 heteroatoms. The predicted molar refractivity (Wildman–Crippen MR) is 73.8 cm³/mol. The van der Waals surface area contributed by atoms with Gasteiger partial charge in [-0.2, -0.15) is 13.2 Å². The molecule has 1 heterocycles. The second kappa shape index (κ2) is 5.93. The summed E-state index contributed by atoms with van der Waals surface area (Å²) in [5.74, 6) is -0.570. The van der Waals surface area contributed by atoms with Gasteiger partial charge in [0.1, 0.15) is 0 Å². The van der Waals surface area contributed by atoms with E-state index in [4.69, 9.17) is 5.73 Å². The van der Waals surface area contributed by atoms with Gasteiger partial charge in [-0.3, -0.25) is 4.79 Å². The number of hydrogen-bond donors (Lipinski definition) is 2. The van der Waals surface area contributed by atoms with Crippen molar-refractivity contribution >= 4 is 11.6 Å². The van der Waals surface area contributed by atoms with E-state index in [1.807, 2.05) is 7.05 Å². The smallest absolute Gasteiger partial charge is 0.398 e. The van der Waals surface area contributed by atoms with Crippen molar-refractivity contribution in [2.24, 2.45) is 0 Å². The summed E-state index contributed by atoms with van der Waals surface area (Å²) in [6.45, 7) is 1.37. The first kappa shape index (κ1) is 15.6. The summed E-state index contributed by atoms with van der Waals surface area (Å²) in [5.41, 5.74) is 4.64. The molecule has 3 N–H and O–H groups in total. The van der Waals surface area contributed by atoms with E-state index in [0.29, 0.717) is 6.54 Å². The number of benzene rings is 1. The summed E-state index contributed by atoms with van der Waals surface area (Å²) in [4.78, 5) is 14.2. The lowest BCUT2D eigenvalue weighted by Crippen LogP contribution is -2.38. The second-order valence-electron chi connectivity index (χ2n) is 5.29. The number of carbonyl (C=O) groups excluding carboxylic acids is 1. The van der Waals surface area contributed by atoms with Gasteiger partial charge < -0.3 is 16.0 Å². The molecule has 0 aromatic heterocycles. The highest BCUT2D eigenvalue weighted by Crippen LogP contribution is 2.31. The minimum atomic E-state index is -4.49. The molecule has 1 aromatic carbocycles. The van der Waals surface area contributed by atoms with Crippen molar-refractivity contribution in [2.45, 2.75) is 25.1 Å². The average Bonchev–Trinajstić information content (AvgIpc) is 2.80. The number of rotatable bonds is 3. The van der Waals surface area contributed by atoms with Gasteiger partial charge in [0.15, 0.2) is 0 Å². The van der Waals surface area contributed by atoms with Crippen molar-refractivity contribution in [1.29, 1.82) is 0 Å². The van der Waals surface area contributed by atoms with Crippen LogP contribution in [-0.4, -0.2) is 37.0 Å². The van der Waals surface area contributed by atoms with E-state index in [1.165, 1.54) is 0 Å². The SMILES string of the molecule is CN1CCCC1CNC(=O)c1cc(C(F)(F)F)ccc1N. The molecule has 1 saturated heterocycles. The number of anilines is 1. The van der Waals surface area contributed by atoms with Gasteiger partial charge in [0.05, 0.1) is 11.1 Å². The number of likely N-dealkylation sites (N-methyl/N-ethyl adjacent to an activating group) is 1. The zero-order valence-electron chi connectivity index (χ0n) is 11.7. The molecule has 1 fully saturated rings. The molecule has 1 aliphatic heterocycles. The van der Waals surface area contributed by atoms with Crippen LogP contribution in [0.15, 0.2) is 18.2 Å². The largest absolute Gasteiger partial charge is 0.416 e. The fraction of sp³-hybridized carbons (Fsp3) is 0.500. The quantitative estimate of drug-likeness (QED) is 0.841. The van der Waals surface area contributed by atoms with Crippen LogP contribution in [0.25, 0.3) is 0 Å². The molecule has 1 aliphatic rings. The van der Waals surface area contributed by atoms with E-state index < -0.39 is 17.6 Å². The lowest BCUT2D eigenvalue weighted by atomic mass is 10.1. The van der Waals surface area contributed by atoms with Crippen LogP contribution in [0.4, 0.5) is 18.9 Å². The Kier molecular flexibility index (Phi) is 4.41. The predicted octanol–water partition coefficient (Wildman–Crippen LogP) is 2.11. The van der Waals surface area contributed by atoms with E-state index in [2.05, 4.69) is 10.2 Å². The number of nitrogens with two attached hydrogens (primary N) is 1. The van der Waals surface area contributed by atoms with Crippen molar-refractivity contribution in [1.82, 2.24) is 10.2 Å². The number of likely N-dealkylation sites (tertiary alicyclic amines) is 1. The molecule has 1 aromatic rings. The summed E-state index contributed by atoms with van der Waals surface area (Å²) in [6, 6.07) is 3.00. The molecule has 0 aliphatic carbocycles. The van der Waals surface area contributed by atoms with E-state index in [1.54, 1.807) is 0 Å². The number of alkyl halides is 3. The molecular formula is C14H18F3N3O. The Morgan fingerprint density at radius 2 is 2.19 bits per heavy atom. The average molecular weight is 301 g/mol. The molecule has 1 amide bonds. The third kappa shape index (κ3) is 3.66. The summed E-state index contributed by atoms with van der Waals surface area (Å²) in [6.07, 6.45) is -2.47. The minimum Gasteiger partial charge on any atom is -0.398 e. The molecule has 116 valence electrons. The van der Waals surface area contributed by atoms with Crippen molar-refractivity contribution < 1.29 is 18.0 Å². The zero-order chi connectivity index (χ0) is 15.6. The van der Waals surface area contributed by atoms with Gasteiger partial charge in [-0.25, -0.2) is 0 Å². The van der Waals surface area contributed by atoms with Crippen molar-refractivity contribution in [2.75, 3.05) is 25.9 Å². The van der Waals surface area contributed by atoms with Crippen LogP contribution in [0.2, 0.25) is 0 Å². The van der Waals surface area contributed by atoms with Gasteiger partial charge >= 0.3 is 6.18 Å². The van der Waals surface area contributed by atoms with Gasteiger partial charge in [0.2, 0.25) is 0 Å².